The molecule has 0 N–H and O–H groups in total. The molecular weight excluding hydrogens is 280 g/mol. The number of morpholine rings is 1. The van der Waals surface area contributed by atoms with Gasteiger partial charge in [0.25, 0.3) is 0 Å². The predicted molar refractivity (Wildman–Crippen MR) is 81.2 cm³/mol. The van der Waals surface area contributed by atoms with Crippen molar-refractivity contribution >= 4 is 16.9 Å². The largest absolute Gasteiger partial charge is 0.374 e. The summed E-state index contributed by atoms with van der Waals surface area (Å²) in [5.41, 5.74) is 1.73. The van der Waals surface area contributed by atoms with E-state index < -0.39 is 0 Å². The second kappa shape index (κ2) is 5.68. The van der Waals surface area contributed by atoms with Gasteiger partial charge in [-0.15, -0.1) is 5.10 Å². The number of nitrogens with zero attached hydrogens (tertiary/aromatic N) is 4. The fourth-order valence-electron chi connectivity index (χ4n) is 3.66. The quantitative estimate of drug-likeness (QED) is 0.845. The van der Waals surface area contributed by atoms with Crippen LogP contribution in [0.25, 0.3) is 11.0 Å². The van der Waals surface area contributed by atoms with E-state index >= 15 is 0 Å². The van der Waals surface area contributed by atoms with Crippen LogP contribution >= 0.6 is 0 Å². The smallest absolute Gasteiger partial charge is 0.244 e. The van der Waals surface area contributed by atoms with Gasteiger partial charge in [-0.2, -0.15) is 0 Å². The van der Waals surface area contributed by atoms with Crippen LogP contribution in [0.2, 0.25) is 0 Å². The molecule has 116 valence electrons. The summed E-state index contributed by atoms with van der Waals surface area (Å²) in [5, 5.41) is 8.24. The second-order valence-corrected chi connectivity index (χ2v) is 6.08. The summed E-state index contributed by atoms with van der Waals surface area (Å²) in [6.07, 6.45) is 4.73. The molecule has 0 unspecified atom stereocenters. The molecule has 4 rings (SSSR count). The van der Waals surface area contributed by atoms with Gasteiger partial charge in [0.15, 0.2) is 0 Å². The zero-order valence-electron chi connectivity index (χ0n) is 12.5. The van der Waals surface area contributed by atoms with Crippen LogP contribution in [0.3, 0.4) is 0 Å². The first-order valence-corrected chi connectivity index (χ1v) is 8.02. The molecule has 1 aromatic heterocycles. The first-order valence-electron chi connectivity index (χ1n) is 8.02. The van der Waals surface area contributed by atoms with Crippen LogP contribution < -0.4 is 0 Å². The third-order valence-corrected chi connectivity index (χ3v) is 4.76. The van der Waals surface area contributed by atoms with Gasteiger partial charge in [-0.25, -0.2) is 4.68 Å². The molecule has 0 bridgehead atoms. The van der Waals surface area contributed by atoms with E-state index in [2.05, 4.69) is 10.3 Å². The number of ether oxygens (including phenoxy) is 1. The molecule has 0 radical (unpaired) electrons. The van der Waals surface area contributed by atoms with Gasteiger partial charge < -0.3 is 9.64 Å². The van der Waals surface area contributed by atoms with Crippen LogP contribution in [-0.4, -0.2) is 51.1 Å². The van der Waals surface area contributed by atoms with Gasteiger partial charge in [0.1, 0.15) is 12.1 Å². The number of benzene rings is 1. The maximum Gasteiger partial charge on any atom is 0.244 e. The van der Waals surface area contributed by atoms with E-state index in [0.717, 1.165) is 23.9 Å². The maximum atomic E-state index is 12.7. The summed E-state index contributed by atoms with van der Waals surface area (Å²) in [6.45, 7) is 1.58. The van der Waals surface area contributed by atoms with Crippen molar-refractivity contribution in [1.29, 1.82) is 0 Å². The second-order valence-electron chi connectivity index (χ2n) is 6.08. The standard InChI is InChI=1S/C16H20N4O2/c21-16(11-20-13-6-2-1-5-12(13)17-18-20)19-9-10-22-15-8-4-3-7-14(15)19/h1-2,5-6,14-15H,3-4,7-11H2/t14-,15-/m0/s1. The molecule has 1 saturated carbocycles. The Hall–Kier alpha value is -1.95. The Morgan fingerprint density at radius 2 is 2.14 bits per heavy atom. The average molecular weight is 300 g/mol. The number of para-hydroxylation sites is 1. The van der Waals surface area contributed by atoms with Gasteiger partial charge in [-0.05, 0) is 25.0 Å². The van der Waals surface area contributed by atoms with Crippen molar-refractivity contribution in [2.75, 3.05) is 13.2 Å². The zero-order chi connectivity index (χ0) is 14.9. The van der Waals surface area contributed by atoms with Crippen molar-refractivity contribution in [3.05, 3.63) is 24.3 Å². The number of carbonyl (C=O) groups is 1. The van der Waals surface area contributed by atoms with E-state index in [9.17, 15) is 4.79 Å². The summed E-state index contributed by atoms with van der Waals surface area (Å²) in [5.74, 6) is 0.121. The van der Waals surface area contributed by atoms with Gasteiger partial charge in [-0.3, -0.25) is 4.79 Å². The molecule has 2 fully saturated rings. The highest BCUT2D eigenvalue weighted by Crippen LogP contribution is 2.28. The van der Waals surface area contributed by atoms with Crippen LogP contribution in [0.5, 0.6) is 0 Å². The van der Waals surface area contributed by atoms with Crippen molar-refractivity contribution in [1.82, 2.24) is 19.9 Å². The van der Waals surface area contributed by atoms with Crippen LogP contribution in [0, 0.1) is 0 Å². The van der Waals surface area contributed by atoms with E-state index in [1.165, 1.54) is 12.8 Å². The highest BCUT2D eigenvalue weighted by atomic mass is 16.5. The summed E-state index contributed by atoms with van der Waals surface area (Å²) in [6, 6.07) is 7.97. The summed E-state index contributed by atoms with van der Waals surface area (Å²) < 4.78 is 7.54. The Bertz CT molecular complexity index is 682. The van der Waals surface area contributed by atoms with Crippen molar-refractivity contribution in [2.45, 2.75) is 44.4 Å². The van der Waals surface area contributed by atoms with Crippen LogP contribution in [-0.2, 0) is 16.1 Å². The van der Waals surface area contributed by atoms with Gasteiger partial charge in [0.2, 0.25) is 5.91 Å². The molecule has 1 aromatic carbocycles. The SMILES string of the molecule is O=C(Cn1nnc2ccccc21)N1CCO[C@H]2CCCC[C@@H]21. The highest BCUT2D eigenvalue weighted by Gasteiger charge is 2.36. The molecule has 1 aliphatic carbocycles. The van der Waals surface area contributed by atoms with Gasteiger partial charge in [0.05, 0.1) is 24.3 Å². The third kappa shape index (κ3) is 2.37. The molecule has 2 atom stereocenters. The molecule has 6 nitrogen and oxygen atoms in total. The number of carbonyl (C=O) groups excluding carboxylic acids is 1. The number of fused-ring (bicyclic) bond motifs is 2. The number of aromatic nitrogens is 3. The monoisotopic (exact) mass is 300 g/mol. The van der Waals surface area contributed by atoms with E-state index in [-0.39, 0.29) is 24.6 Å². The third-order valence-electron chi connectivity index (χ3n) is 4.76. The van der Waals surface area contributed by atoms with Gasteiger partial charge in [0, 0.05) is 6.54 Å². The lowest BCUT2D eigenvalue weighted by atomic mass is 9.90. The minimum absolute atomic E-state index is 0.121. The Balaban J connectivity index is 1.53. The fraction of sp³-hybridized carbons (Fsp3) is 0.562. The molecule has 2 aliphatic rings. The lowest BCUT2D eigenvalue weighted by molar-refractivity contribution is -0.150. The van der Waals surface area contributed by atoms with Crippen molar-refractivity contribution in [2.24, 2.45) is 0 Å². The van der Waals surface area contributed by atoms with Crippen LogP contribution in [0.15, 0.2) is 24.3 Å². The van der Waals surface area contributed by atoms with E-state index in [0.29, 0.717) is 13.2 Å². The topological polar surface area (TPSA) is 60.2 Å². The average Bonchev–Trinajstić information content (AvgIpc) is 2.97. The van der Waals surface area contributed by atoms with Crippen LogP contribution in [0.1, 0.15) is 25.7 Å². The highest BCUT2D eigenvalue weighted by molar-refractivity contribution is 5.80. The molecule has 22 heavy (non-hydrogen) atoms. The first-order chi connectivity index (χ1) is 10.8. The molecule has 6 heteroatoms. The van der Waals surface area contributed by atoms with Crippen LogP contribution in [0.4, 0.5) is 0 Å². The molecular formula is C16H20N4O2. The Kier molecular flexibility index (Phi) is 3.54. The Morgan fingerprint density at radius 1 is 1.27 bits per heavy atom. The lowest BCUT2D eigenvalue weighted by Crippen LogP contribution is -2.55. The van der Waals surface area contributed by atoms with E-state index in [1.54, 1.807) is 4.68 Å². The lowest BCUT2D eigenvalue weighted by Gasteiger charge is -2.43. The summed E-state index contributed by atoms with van der Waals surface area (Å²) in [7, 11) is 0. The first kappa shape index (κ1) is 13.7. The van der Waals surface area contributed by atoms with E-state index in [1.807, 2.05) is 29.2 Å². The summed E-state index contributed by atoms with van der Waals surface area (Å²) >= 11 is 0. The molecule has 1 aliphatic heterocycles. The number of hydrogen-bond acceptors (Lipinski definition) is 4. The van der Waals surface area contributed by atoms with Gasteiger partial charge in [-0.1, -0.05) is 30.2 Å². The summed E-state index contributed by atoms with van der Waals surface area (Å²) in [4.78, 5) is 14.7. The molecule has 1 amide bonds. The Labute approximate surface area is 129 Å². The minimum Gasteiger partial charge on any atom is -0.374 e. The normalized spacial score (nSPS) is 25.2. The molecule has 2 aromatic rings. The van der Waals surface area contributed by atoms with E-state index in [4.69, 9.17) is 4.74 Å². The van der Waals surface area contributed by atoms with Crippen molar-refractivity contribution in [3.8, 4) is 0 Å². The molecule has 1 saturated heterocycles. The molecule has 2 heterocycles. The number of amides is 1. The van der Waals surface area contributed by atoms with Crippen molar-refractivity contribution < 1.29 is 9.53 Å². The maximum absolute atomic E-state index is 12.7. The van der Waals surface area contributed by atoms with Crippen molar-refractivity contribution in [3.63, 3.8) is 0 Å². The zero-order valence-corrected chi connectivity index (χ0v) is 12.5. The van der Waals surface area contributed by atoms with Gasteiger partial charge >= 0.3 is 0 Å². The number of hydrogen-bond donors (Lipinski definition) is 0. The minimum atomic E-state index is 0.121. The Morgan fingerprint density at radius 3 is 3.09 bits per heavy atom. The molecule has 0 spiro atoms. The fourth-order valence-corrected chi connectivity index (χ4v) is 3.66. The number of rotatable bonds is 2. The predicted octanol–water partition coefficient (Wildman–Crippen LogP) is 1.60.